The Bertz CT molecular complexity index is 383. The molecule has 1 aromatic rings. The van der Waals surface area contributed by atoms with Crippen LogP contribution in [-0.2, 0) is 5.60 Å². The lowest BCUT2D eigenvalue weighted by atomic mass is 9.94. The highest BCUT2D eigenvalue weighted by atomic mass is 16.3. The van der Waals surface area contributed by atoms with Crippen molar-refractivity contribution in [3.05, 3.63) is 35.9 Å². The highest BCUT2D eigenvalue weighted by Crippen LogP contribution is 2.23. The van der Waals surface area contributed by atoms with Gasteiger partial charge in [-0.1, -0.05) is 37.3 Å². The maximum Gasteiger partial charge on any atom is 0.0994 e. The lowest BCUT2D eigenvalue weighted by molar-refractivity contribution is 0.00787. The first-order valence-electron chi connectivity index (χ1n) is 7.85. The maximum atomic E-state index is 10.7. The average molecular weight is 276 g/mol. The molecule has 1 aliphatic rings. The highest BCUT2D eigenvalue weighted by molar-refractivity contribution is 5.21. The van der Waals surface area contributed by atoms with Gasteiger partial charge in [0.2, 0.25) is 0 Å². The Labute approximate surface area is 123 Å². The summed E-state index contributed by atoms with van der Waals surface area (Å²) in [6.45, 7) is 8.11. The van der Waals surface area contributed by atoms with Gasteiger partial charge in [0.05, 0.1) is 5.60 Å². The van der Waals surface area contributed by atoms with E-state index in [4.69, 9.17) is 0 Å². The van der Waals surface area contributed by atoms with Crippen LogP contribution < -0.4 is 5.32 Å². The number of hydrogen-bond donors (Lipinski definition) is 2. The van der Waals surface area contributed by atoms with Crippen molar-refractivity contribution < 1.29 is 5.11 Å². The summed E-state index contributed by atoms with van der Waals surface area (Å²) in [4.78, 5) is 2.39. The van der Waals surface area contributed by atoms with Crippen LogP contribution in [0.5, 0.6) is 0 Å². The van der Waals surface area contributed by atoms with Crippen molar-refractivity contribution in [2.45, 2.75) is 44.8 Å². The zero-order valence-corrected chi connectivity index (χ0v) is 12.8. The van der Waals surface area contributed by atoms with Crippen LogP contribution in [0.25, 0.3) is 0 Å². The Kier molecular flexibility index (Phi) is 5.58. The van der Waals surface area contributed by atoms with Crippen LogP contribution in [-0.4, -0.2) is 42.2 Å². The van der Waals surface area contributed by atoms with Crippen molar-refractivity contribution in [1.82, 2.24) is 10.2 Å². The van der Waals surface area contributed by atoms with E-state index >= 15 is 0 Å². The summed E-state index contributed by atoms with van der Waals surface area (Å²) in [7, 11) is 0. The average Bonchev–Trinajstić information content (AvgIpc) is 2.47. The second kappa shape index (κ2) is 7.21. The number of piperidine rings is 1. The van der Waals surface area contributed by atoms with Crippen LogP contribution in [0.1, 0.15) is 38.7 Å². The predicted molar refractivity (Wildman–Crippen MR) is 83.8 cm³/mol. The Morgan fingerprint density at radius 3 is 2.50 bits per heavy atom. The van der Waals surface area contributed by atoms with E-state index in [1.54, 1.807) is 0 Å². The van der Waals surface area contributed by atoms with Crippen LogP contribution >= 0.6 is 0 Å². The normalized spacial score (nSPS) is 20.8. The van der Waals surface area contributed by atoms with Crippen molar-refractivity contribution in [1.29, 1.82) is 0 Å². The van der Waals surface area contributed by atoms with Gasteiger partial charge in [-0.05, 0) is 51.4 Å². The van der Waals surface area contributed by atoms with Gasteiger partial charge in [0, 0.05) is 12.6 Å². The fraction of sp³-hybridized carbons (Fsp3) is 0.647. The second-order valence-electron chi connectivity index (χ2n) is 6.14. The number of nitrogens with one attached hydrogen (secondary N) is 1. The molecule has 1 saturated heterocycles. The molecule has 1 unspecified atom stereocenters. The molecule has 1 aromatic carbocycles. The summed E-state index contributed by atoms with van der Waals surface area (Å²) < 4.78 is 0. The van der Waals surface area contributed by atoms with Crippen LogP contribution in [0.4, 0.5) is 0 Å². The molecule has 3 nitrogen and oxygen atoms in total. The molecule has 0 radical (unpaired) electrons. The smallest absolute Gasteiger partial charge is 0.0994 e. The molecule has 0 amide bonds. The van der Waals surface area contributed by atoms with Gasteiger partial charge in [0.15, 0.2) is 0 Å². The third-order valence-corrected chi connectivity index (χ3v) is 4.20. The Hall–Kier alpha value is -0.900. The molecule has 2 rings (SSSR count). The number of nitrogens with zero attached hydrogens (tertiary/aromatic N) is 1. The van der Waals surface area contributed by atoms with Gasteiger partial charge in [-0.3, -0.25) is 0 Å². The molecule has 0 aliphatic carbocycles. The molecule has 0 aromatic heterocycles. The molecule has 3 heteroatoms. The number of β-amino-alcohol motifs (C(OH)–C–C–N with tert-alkyl or cyclic N) is 1. The molecule has 1 aliphatic heterocycles. The van der Waals surface area contributed by atoms with E-state index in [0.29, 0.717) is 6.04 Å². The quantitative estimate of drug-likeness (QED) is 0.837. The van der Waals surface area contributed by atoms with Crippen molar-refractivity contribution in [2.75, 3.05) is 26.2 Å². The van der Waals surface area contributed by atoms with Crippen LogP contribution in [0.2, 0.25) is 0 Å². The van der Waals surface area contributed by atoms with Gasteiger partial charge in [0.1, 0.15) is 0 Å². The van der Waals surface area contributed by atoms with Crippen molar-refractivity contribution >= 4 is 0 Å². The van der Waals surface area contributed by atoms with E-state index in [9.17, 15) is 5.11 Å². The Morgan fingerprint density at radius 2 is 1.90 bits per heavy atom. The first-order chi connectivity index (χ1) is 9.62. The summed E-state index contributed by atoms with van der Waals surface area (Å²) in [6, 6.07) is 10.7. The minimum atomic E-state index is -0.759. The maximum absolute atomic E-state index is 10.7. The van der Waals surface area contributed by atoms with Crippen molar-refractivity contribution in [3.8, 4) is 0 Å². The van der Waals surface area contributed by atoms with Gasteiger partial charge >= 0.3 is 0 Å². The molecule has 20 heavy (non-hydrogen) atoms. The first kappa shape index (κ1) is 15.5. The van der Waals surface area contributed by atoms with E-state index in [1.165, 1.54) is 19.3 Å². The zero-order chi connectivity index (χ0) is 14.4. The summed E-state index contributed by atoms with van der Waals surface area (Å²) in [6.07, 6.45) is 3.57. The third kappa shape index (κ3) is 4.30. The Balaban J connectivity index is 1.83. The molecular formula is C17H28N2O. The minimum absolute atomic E-state index is 0.660. The van der Waals surface area contributed by atoms with Crippen molar-refractivity contribution in [3.63, 3.8) is 0 Å². The van der Waals surface area contributed by atoms with Crippen LogP contribution in [0.3, 0.4) is 0 Å². The van der Waals surface area contributed by atoms with Gasteiger partial charge < -0.3 is 15.3 Å². The molecule has 1 heterocycles. The van der Waals surface area contributed by atoms with Crippen molar-refractivity contribution in [2.24, 2.45) is 0 Å². The third-order valence-electron chi connectivity index (χ3n) is 4.20. The molecule has 0 bridgehead atoms. The topological polar surface area (TPSA) is 35.5 Å². The van der Waals surface area contributed by atoms with E-state index in [2.05, 4.69) is 17.1 Å². The van der Waals surface area contributed by atoms with E-state index < -0.39 is 5.60 Å². The van der Waals surface area contributed by atoms with Gasteiger partial charge in [0.25, 0.3) is 0 Å². The van der Waals surface area contributed by atoms with Gasteiger partial charge in [-0.25, -0.2) is 0 Å². The SMILES string of the molecule is CCCNC1CCN(CC(C)(O)c2ccccc2)CC1. The van der Waals surface area contributed by atoms with Gasteiger partial charge in [-0.15, -0.1) is 0 Å². The molecule has 2 N–H and O–H groups in total. The van der Waals surface area contributed by atoms with Gasteiger partial charge in [-0.2, -0.15) is 0 Å². The largest absolute Gasteiger partial charge is 0.384 e. The summed E-state index contributed by atoms with van der Waals surface area (Å²) >= 11 is 0. The van der Waals surface area contributed by atoms with E-state index in [1.807, 2.05) is 37.3 Å². The Morgan fingerprint density at radius 1 is 1.25 bits per heavy atom. The molecule has 1 fully saturated rings. The number of aliphatic hydroxyl groups is 1. The molecular weight excluding hydrogens is 248 g/mol. The van der Waals surface area contributed by atoms with Crippen LogP contribution in [0.15, 0.2) is 30.3 Å². The number of benzene rings is 1. The number of rotatable bonds is 6. The monoisotopic (exact) mass is 276 g/mol. The lowest BCUT2D eigenvalue weighted by Crippen LogP contribution is -2.47. The number of likely N-dealkylation sites (tertiary alicyclic amines) is 1. The minimum Gasteiger partial charge on any atom is -0.384 e. The van der Waals surface area contributed by atoms with E-state index in [-0.39, 0.29) is 0 Å². The number of hydrogen-bond acceptors (Lipinski definition) is 3. The summed E-state index contributed by atoms with van der Waals surface area (Å²) in [5.74, 6) is 0. The fourth-order valence-electron chi connectivity index (χ4n) is 2.97. The zero-order valence-electron chi connectivity index (χ0n) is 12.8. The molecule has 0 saturated carbocycles. The predicted octanol–water partition coefficient (Wildman–Crippen LogP) is 2.36. The molecule has 1 atom stereocenters. The summed E-state index contributed by atoms with van der Waals surface area (Å²) in [5.41, 5.74) is 0.247. The second-order valence-corrected chi connectivity index (χ2v) is 6.14. The lowest BCUT2D eigenvalue weighted by Gasteiger charge is -2.37. The van der Waals surface area contributed by atoms with Crippen LogP contribution in [0, 0.1) is 0 Å². The highest BCUT2D eigenvalue weighted by Gasteiger charge is 2.28. The molecule has 112 valence electrons. The summed E-state index contributed by atoms with van der Waals surface area (Å²) in [5, 5.41) is 14.3. The molecule has 0 spiro atoms. The standard InChI is InChI=1S/C17H28N2O/c1-3-11-18-16-9-12-19(13-10-16)14-17(2,20)15-7-5-4-6-8-15/h4-8,16,18,20H,3,9-14H2,1-2H3. The fourth-order valence-corrected chi connectivity index (χ4v) is 2.97. The first-order valence-corrected chi connectivity index (χ1v) is 7.85. The van der Waals surface area contributed by atoms with E-state index in [0.717, 1.165) is 31.7 Å².